The topological polar surface area (TPSA) is 64.9 Å². The minimum absolute atomic E-state index is 0.0789. The van der Waals surface area contributed by atoms with E-state index in [2.05, 4.69) is 10.6 Å². The number of halogens is 1. The predicted octanol–water partition coefficient (Wildman–Crippen LogP) is 1.05. The van der Waals surface area contributed by atoms with E-state index in [9.17, 15) is 4.79 Å². The second-order valence-corrected chi connectivity index (χ2v) is 3.60. The molecule has 0 aliphatic heterocycles. The predicted molar refractivity (Wildman–Crippen MR) is 61.9 cm³/mol. The maximum Gasteiger partial charge on any atom is 0.233 e. The molecule has 16 heavy (non-hydrogen) atoms. The first-order chi connectivity index (χ1) is 7.67. The molecule has 0 unspecified atom stereocenters. The largest absolute Gasteiger partial charge is 0.358 e. The lowest BCUT2D eigenvalue weighted by molar-refractivity contribution is -0.119. The van der Waals surface area contributed by atoms with Gasteiger partial charge in [-0.1, -0.05) is 17.7 Å². The smallest absolute Gasteiger partial charge is 0.233 e. The number of nitrogens with one attached hydrogen (secondary N) is 2. The number of carbonyl (C=O) groups is 1. The van der Waals surface area contributed by atoms with E-state index in [0.29, 0.717) is 17.1 Å². The molecule has 5 heteroatoms. The van der Waals surface area contributed by atoms with Crippen molar-refractivity contribution in [2.45, 2.75) is 6.54 Å². The van der Waals surface area contributed by atoms with Crippen molar-refractivity contribution in [2.24, 2.45) is 0 Å². The molecule has 0 saturated carbocycles. The number of hydrogen-bond donors (Lipinski definition) is 2. The Labute approximate surface area is 99.2 Å². The van der Waals surface area contributed by atoms with Gasteiger partial charge < -0.3 is 10.6 Å². The van der Waals surface area contributed by atoms with Gasteiger partial charge in [0, 0.05) is 18.6 Å². The number of amides is 1. The minimum Gasteiger partial charge on any atom is -0.358 e. The molecule has 0 bridgehead atoms. The molecule has 0 heterocycles. The molecule has 0 spiro atoms. The van der Waals surface area contributed by atoms with Crippen LogP contribution in [0.5, 0.6) is 0 Å². The van der Waals surface area contributed by atoms with Crippen LogP contribution in [0.2, 0.25) is 5.02 Å². The summed E-state index contributed by atoms with van der Waals surface area (Å²) < 4.78 is 0. The Morgan fingerprint density at radius 2 is 2.31 bits per heavy atom. The van der Waals surface area contributed by atoms with E-state index >= 15 is 0 Å². The Kier molecular flexibility index (Phi) is 4.77. The van der Waals surface area contributed by atoms with E-state index in [0.717, 1.165) is 5.56 Å². The van der Waals surface area contributed by atoms with Crippen LogP contribution in [0.4, 0.5) is 0 Å². The third-order valence-corrected chi connectivity index (χ3v) is 2.41. The molecule has 0 aliphatic carbocycles. The number of benzene rings is 1. The van der Waals surface area contributed by atoms with Gasteiger partial charge in [0.1, 0.15) is 0 Å². The second-order valence-electron chi connectivity index (χ2n) is 3.19. The normalized spacial score (nSPS) is 9.56. The monoisotopic (exact) mass is 237 g/mol. The first kappa shape index (κ1) is 12.5. The van der Waals surface area contributed by atoms with Crippen molar-refractivity contribution in [1.29, 1.82) is 5.26 Å². The quantitative estimate of drug-likeness (QED) is 0.823. The molecule has 0 aromatic heterocycles. The zero-order chi connectivity index (χ0) is 12.0. The van der Waals surface area contributed by atoms with Crippen molar-refractivity contribution >= 4 is 17.5 Å². The van der Waals surface area contributed by atoms with Gasteiger partial charge in [0.05, 0.1) is 18.2 Å². The van der Waals surface area contributed by atoms with Crippen molar-refractivity contribution in [1.82, 2.24) is 10.6 Å². The molecule has 1 rings (SSSR count). The van der Waals surface area contributed by atoms with Crippen LogP contribution in [0.3, 0.4) is 0 Å². The van der Waals surface area contributed by atoms with Gasteiger partial charge in [-0.25, -0.2) is 0 Å². The molecule has 0 aliphatic rings. The first-order valence-electron chi connectivity index (χ1n) is 4.77. The van der Waals surface area contributed by atoms with E-state index in [-0.39, 0.29) is 12.5 Å². The second kappa shape index (κ2) is 6.11. The fraction of sp³-hybridized carbons (Fsp3) is 0.273. The molecule has 2 N–H and O–H groups in total. The van der Waals surface area contributed by atoms with Crippen molar-refractivity contribution in [3.63, 3.8) is 0 Å². The summed E-state index contributed by atoms with van der Waals surface area (Å²) in [5.41, 5.74) is 1.39. The van der Waals surface area contributed by atoms with Gasteiger partial charge in [0.25, 0.3) is 0 Å². The Morgan fingerprint density at radius 1 is 1.56 bits per heavy atom. The molecular formula is C11H12ClN3O. The average Bonchev–Trinajstić information content (AvgIpc) is 2.30. The molecular weight excluding hydrogens is 226 g/mol. The van der Waals surface area contributed by atoms with Gasteiger partial charge in [0.2, 0.25) is 5.91 Å². The maximum absolute atomic E-state index is 10.9. The summed E-state index contributed by atoms with van der Waals surface area (Å²) in [6.45, 7) is 0.741. The van der Waals surface area contributed by atoms with Crippen LogP contribution < -0.4 is 10.6 Å². The summed E-state index contributed by atoms with van der Waals surface area (Å²) in [5.74, 6) is -0.0789. The Morgan fingerprint density at radius 3 is 2.88 bits per heavy atom. The van der Waals surface area contributed by atoms with Gasteiger partial charge in [-0.05, 0) is 17.7 Å². The molecule has 4 nitrogen and oxygen atoms in total. The van der Waals surface area contributed by atoms with Crippen molar-refractivity contribution < 1.29 is 4.79 Å². The Bertz CT molecular complexity index is 426. The molecule has 1 aromatic rings. The highest BCUT2D eigenvalue weighted by molar-refractivity contribution is 6.31. The molecule has 0 radical (unpaired) electrons. The van der Waals surface area contributed by atoms with Crippen LogP contribution in [-0.2, 0) is 11.3 Å². The van der Waals surface area contributed by atoms with E-state index < -0.39 is 0 Å². The van der Waals surface area contributed by atoms with E-state index in [1.165, 1.54) is 0 Å². The number of carbonyl (C=O) groups excluding carboxylic acids is 1. The van der Waals surface area contributed by atoms with Crippen LogP contribution >= 0.6 is 11.6 Å². The molecule has 1 aromatic carbocycles. The molecule has 0 atom stereocenters. The minimum atomic E-state index is -0.0789. The van der Waals surface area contributed by atoms with Crippen LogP contribution in [0.1, 0.15) is 11.1 Å². The number of likely N-dealkylation sites (N-methyl/N-ethyl adjacent to an activating group) is 1. The van der Waals surface area contributed by atoms with Gasteiger partial charge in [-0.15, -0.1) is 0 Å². The fourth-order valence-corrected chi connectivity index (χ4v) is 1.41. The number of hydrogen-bond acceptors (Lipinski definition) is 3. The summed E-state index contributed by atoms with van der Waals surface area (Å²) in [7, 11) is 1.58. The fourth-order valence-electron chi connectivity index (χ4n) is 1.16. The van der Waals surface area contributed by atoms with Crippen LogP contribution in [0.25, 0.3) is 0 Å². The summed E-state index contributed by atoms with van der Waals surface area (Å²) in [6.07, 6.45) is 0. The Hall–Kier alpha value is -1.57. The van der Waals surface area contributed by atoms with Crippen molar-refractivity contribution in [2.75, 3.05) is 13.6 Å². The highest BCUT2D eigenvalue weighted by Gasteiger charge is 2.02. The standard InChI is InChI=1S/C11H12ClN3O/c1-14-11(16)7-15-6-9-3-2-8(5-13)4-10(9)12/h2-4,15H,6-7H2,1H3,(H,14,16). The highest BCUT2D eigenvalue weighted by atomic mass is 35.5. The summed E-state index contributed by atoms with van der Waals surface area (Å²) in [6, 6.07) is 7.09. The Balaban J connectivity index is 2.55. The van der Waals surface area contributed by atoms with Gasteiger partial charge in [-0.2, -0.15) is 5.26 Å². The first-order valence-corrected chi connectivity index (χ1v) is 5.15. The van der Waals surface area contributed by atoms with Crippen LogP contribution in [0.15, 0.2) is 18.2 Å². The maximum atomic E-state index is 10.9. The molecule has 84 valence electrons. The highest BCUT2D eigenvalue weighted by Crippen LogP contribution is 2.17. The van der Waals surface area contributed by atoms with E-state index in [4.69, 9.17) is 16.9 Å². The lowest BCUT2D eigenvalue weighted by atomic mass is 10.1. The summed E-state index contributed by atoms with van der Waals surface area (Å²) in [5, 5.41) is 14.6. The summed E-state index contributed by atoms with van der Waals surface area (Å²) in [4.78, 5) is 10.9. The van der Waals surface area contributed by atoms with Crippen molar-refractivity contribution in [3.05, 3.63) is 34.3 Å². The average molecular weight is 238 g/mol. The SMILES string of the molecule is CNC(=O)CNCc1ccc(C#N)cc1Cl. The van der Waals surface area contributed by atoms with Gasteiger partial charge in [0.15, 0.2) is 0 Å². The number of rotatable bonds is 4. The van der Waals surface area contributed by atoms with E-state index in [1.807, 2.05) is 6.07 Å². The molecule has 0 saturated heterocycles. The van der Waals surface area contributed by atoms with E-state index in [1.54, 1.807) is 25.2 Å². The van der Waals surface area contributed by atoms with Crippen LogP contribution in [0, 0.1) is 11.3 Å². The van der Waals surface area contributed by atoms with Crippen molar-refractivity contribution in [3.8, 4) is 6.07 Å². The third-order valence-electron chi connectivity index (χ3n) is 2.06. The lowest BCUT2D eigenvalue weighted by Crippen LogP contribution is -2.31. The zero-order valence-electron chi connectivity index (χ0n) is 8.88. The number of nitrogens with zero attached hydrogens (tertiary/aromatic N) is 1. The zero-order valence-corrected chi connectivity index (χ0v) is 9.64. The lowest BCUT2D eigenvalue weighted by Gasteiger charge is -2.06. The molecule has 0 fully saturated rings. The van der Waals surface area contributed by atoms with Crippen LogP contribution in [-0.4, -0.2) is 19.5 Å². The third kappa shape index (κ3) is 3.54. The number of nitriles is 1. The summed E-state index contributed by atoms with van der Waals surface area (Å²) >= 11 is 5.97. The van der Waals surface area contributed by atoms with Gasteiger partial charge in [-0.3, -0.25) is 4.79 Å². The molecule has 1 amide bonds. The van der Waals surface area contributed by atoms with Gasteiger partial charge >= 0.3 is 0 Å².